The fourth-order valence-corrected chi connectivity index (χ4v) is 2.20. The second-order valence-electron chi connectivity index (χ2n) is 4.67. The fourth-order valence-electron chi connectivity index (χ4n) is 2.20. The molecular weight excluding hydrogens is 238 g/mol. The highest BCUT2D eigenvalue weighted by Gasteiger charge is 2.10. The maximum Gasteiger partial charge on any atom is 0.138 e. The van der Waals surface area contributed by atoms with Crippen molar-refractivity contribution in [1.29, 1.82) is 0 Å². The number of ether oxygens (including phenoxy) is 1. The molecule has 4 nitrogen and oxygen atoms in total. The summed E-state index contributed by atoms with van der Waals surface area (Å²) in [6.45, 7) is 4.70. The predicted octanol–water partition coefficient (Wildman–Crippen LogP) is 1.26. The van der Waals surface area contributed by atoms with Crippen LogP contribution in [0.15, 0.2) is 18.5 Å². The van der Waals surface area contributed by atoms with E-state index in [0.717, 1.165) is 30.9 Å². The number of rotatable bonds is 5. The first kappa shape index (κ1) is 13.9. The molecule has 1 aromatic rings. The minimum atomic E-state index is 0.362. The second-order valence-corrected chi connectivity index (χ2v) is 4.67. The van der Waals surface area contributed by atoms with Crippen molar-refractivity contribution in [2.24, 2.45) is 5.73 Å². The summed E-state index contributed by atoms with van der Waals surface area (Å²) in [6, 6.07) is 1.91. The zero-order valence-corrected chi connectivity index (χ0v) is 11.3. The molecule has 1 aromatic heterocycles. The lowest BCUT2D eigenvalue weighted by molar-refractivity contribution is 0.262. The number of hydrogen-bond donors (Lipinski definition) is 1. The second kappa shape index (κ2) is 7.78. The maximum atomic E-state index is 5.70. The van der Waals surface area contributed by atoms with Gasteiger partial charge in [0.1, 0.15) is 5.75 Å². The summed E-state index contributed by atoms with van der Waals surface area (Å²) in [6.07, 6.45) is 7.18. The molecule has 1 aliphatic heterocycles. The van der Waals surface area contributed by atoms with Crippen LogP contribution in [0.5, 0.6) is 5.75 Å². The van der Waals surface area contributed by atoms with Crippen LogP contribution in [0.2, 0.25) is 0 Å². The van der Waals surface area contributed by atoms with Gasteiger partial charge in [-0.05, 0) is 38.4 Å². The molecule has 2 heterocycles. The standard InChI is InChI=1S/C15H21N3O/c16-6-3-5-14-11-15(13-17-12-14)19-10-4-9-18-7-1-2-8-18/h11-13H,1-2,4,6-10,16H2. The van der Waals surface area contributed by atoms with E-state index in [9.17, 15) is 0 Å². The predicted molar refractivity (Wildman–Crippen MR) is 76.0 cm³/mol. The quantitative estimate of drug-likeness (QED) is 0.639. The van der Waals surface area contributed by atoms with Crippen LogP contribution in [0, 0.1) is 11.8 Å². The molecule has 0 spiro atoms. The molecule has 0 atom stereocenters. The van der Waals surface area contributed by atoms with Crippen LogP contribution >= 0.6 is 0 Å². The molecule has 2 rings (SSSR count). The van der Waals surface area contributed by atoms with Crippen molar-refractivity contribution in [3.63, 3.8) is 0 Å². The molecule has 19 heavy (non-hydrogen) atoms. The van der Waals surface area contributed by atoms with Gasteiger partial charge in [0, 0.05) is 18.3 Å². The van der Waals surface area contributed by atoms with Crippen LogP contribution in [0.1, 0.15) is 24.8 Å². The van der Waals surface area contributed by atoms with Gasteiger partial charge in [-0.2, -0.15) is 0 Å². The molecule has 2 N–H and O–H groups in total. The van der Waals surface area contributed by atoms with Gasteiger partial charge in [-0.15, -0.1) is 0 Å². The van der Waals surface area contributed by atoms with E-state index in [0.29, 0.717) is 6.54 Å². The van der Waals surface area contributed by atoms with Gasteiger partial charge in [0.05, 0.1) is 19.3 Å². The summed E-state index contributed by atoms with van der Waals surface area (Å²) in [5.74, 6) is 6.55. The van der Waals surface area contributed by atoms with Gasteiger partial charge in [0.15, 0.2) is 0 Å². The lowest BCUT2D eigenvalue weighted by Gasteiger charge is -2.14. The van der Waals surface area contributed by atoms with Crippen molar-refractivity contribution in [2.45, 2.75) is 19.3 Å². The number of likely N-dealkylation sites (tertiary alicyclic amines) is 1. The molecule has 1 aliphatic rings. The molecule has 0 unspecified atom stereocenters. The van der Waals surface area contributed by atoms with Gasteiger partial charge in [0.2, 0.25) is 0 Å². The number of hydrogen-bond acceptors (Lipinski definition) is 4. The van der Waals surface area contributed by atoms with E-state index in [-0.39, 0.29) is 0 Å². The molecule has 1 fully saturated rings. The Bertz CT molecular complexity index is 444. The van der Waals surface area contributed by atoms with Gasteiger partial charge in [0.25, 0.3) is 0 Å². The molecule has 0 bridgehead atoms. The minimum absolute atomic E-state index is 0.362. The summed E-state index contributed by atoms with van der Waals surface area (Å²) in [5, 5.41) is 0. The van der Waals surface area contributed by atoms with Gasteiger partial charge in [-0.25, -0.2) is 0 Å². The average Bonchev–Trinajstić information content (AvgIpc) is 2.95. The highest BCUT2D eigenvalue weighted by atomic mass is 16.5. The Balaban J connectivity index is 1.72. The van der Waals surface area contributed by atoms with E-state index in [1.54, 1.807) is 12.4 Å². The maximum absolute atomic E-state index is 5.70. The van der Waals surface area contributed by atoms with E-state index in [2.05, 4.69) is 21.7 Å². The number of nitrogens with two attached hydrogens (primary N) is 1. The number of nitrogens with zero attached hydrogens (tertiary/aromatic N) is 2. The van der Waals surface area contributed by atoms with Crippen LogP contribution in [-0.4, -0.2) is 42.7 Å². The minimum Gasteiger partial charge on any atom is -0.492 e. The molecule has 102 valence electrons. The van der Waals surface area contributed by atoms with Crippen molar-refractivity contribution < 1.29 is 4.74 Å². The first-order valence-electron chi connectivity index (χ1n) is 6.87. The normalized spacial score (nSPS) is 15.0. The zero-order chi connectivity index (χ0) is 13.3. The van der Waals surface area contributed by atoms with Gasteiger partial charge >= 0.3 is 0 Å². The van der Waals surface area contributed by atoms with Crippen molar-refractivity contribution in [3.8, 4) is 17.6 Å². The number of pyridine rings is 1. The molecular formula is C15H21N3O. The summed E-state index contributed by atoms with van der Waals surface area (Å²) >= 11 is 0. The topological polar surface area (TPSA) is 51.4 Å². The largest absolute Gasteiger partial charge is 0.492 e. The van der Waals surface area contributed by atoms with Gasteiger partial charge in [-0.1, -0.05) is 11.8 Å². The third kappa shape index (κ3) is 4.90. The molecule has 4 heteroatoms. The van der Waals surface area contributed by atoms with Crippen molar-refractivity contribution in [2.75, 3.05) is 32.8 Å². The van der Waals surface area contributed by atoms with Crippen molar-refractivity contribution >= 4 is 0 Å². The Kier molecular flexibility index (Phi) is 5.67. The fraction of sp³-hybridized carbons (Fsp3) is 0.533. The van der Waals surface area contributed by atoms with Gasteiger partial charge < -0.3 is 15.4 Å². The summed E-state index contributed by atoms with van der Waals surface area (Å²) in [4.78, 5) is 6.61. The molecule has 0 amide bonds. The van der Waals surface area contributed by atoms with Crippen LogP contribution in [0.4, 0.5) is 0 Å². The van der Waals surface area contributed by atoms with Gasteiger partial charge in [-0.3, -0.25) is 4.98 Å². The molecule has 0 radical (unpaired) electrons. The molecule has 1 saturated heterocycles. The Morgan fingerprint density at radius 3 is 2.95 bits per heavy atom. The smallest absolute Gasteiger partial charge is 0.138 e. The Hall–Kier alpha value is -1.57. The highest BCUT2D eigenvalue weighted by molar-refractivity contribution is 5.36. The van der Waals surface area contributed by atoms with E-state index in [1.165, 1.54) is 25.9 Å². The van der Waals surface area contributed by atoms with E-state index < -0.39 is 0 Å². The summed E-state index contributed by atoms with van der Waals surface area (Å²) in [5.41, 5.74) is 6.19. The SMILES string of the molecule is NCC#Cc1cncc(OCCCN2CCCC2)c1. The van der Waals surface area contributed by atoms with E-state index in [1.807, 2.05) is 6.07 Å². The molecule has 0 saturated carbocycles. The third-order valence-corrected chi connectivity index (χ3v) is 3.13. The summed E-state index contributed by atoms with van der Waals surface area (Å²) < 4.78 is 5.70. The number of aromatic nitrogens is 1. The third-order valence-electron chi connectivity index (χ3n) is 3.13. The van der Waals surface area contributed by atoms with Crippen molar-refractivity contribution in [1.82, 2.24) is 9.88 Å². The monoisotopic (exact) mass is 259 g/mol. The first-order valence-corrected chi connectivity index (χ1v) is 6.87. The van der Waals surface area contributed by atoms with Crippen LogP contribution in [0.3, 0.4) is 0 Å². The van der Waals surface area contributed by atoms with Crippen molar-refractivity contribution in [3.05, 3.63) is 24.0 Å². The zero-order valence-electron chi connectivity index (χ0n) is 11.3. The Labute approximate surface area is 115 Å². The van der Waals surface area contributed by atoms with Crippen LogP contribution in [-0.2, 0) is 0 Å². The Morgan fingerprint density at radius 1 is 1.32 bits per heavy atom. The lowest BCUT2D eigenvalue weighted by Crippen LogP contribution is -2.21. The highest BCUT2D eigenvalue weighted by Crippen LogP contribution is 2.11. The van der Waals surface area contributed by atoms with E-state index in [4.69, 9.17) is 10.5 Å². The van der Waals surface area contributed by atoms with Crippen LogP contribution < -0.4 is 10.5 Å². The lowest BCUT2D eigenvalue weighted by atomic mass is 10.3. The van der Waals surface area contributed by atoms with E-state index >= 15 is 0 Å². The summed E-state index contributed by atoms with van der Waals surface area (Å²) in [7, 11) is 0. The Morgan fingerprint density at radius 2 is 2.16 bits per heavy atom. The molecule has 0 aromatic carbocycles. The average molecular weight is 259 g/mol. The molecule has 0 aliphatic carbocycles. The van der Waals surface area contributed by atoms with Crippen LogP contribution in [0.25, 0.3) is 0 Å². The first-order chi connectivity index (χ1) is 9.38.